The molecule has 0 radical (unpaired) electrons. The molecule has 2 fully saturated rings. The zero-order valence-corrected chi connectivity index (χ0v) is 9.91. The number of hydrogen-bond donors (Lipinski definition) is 0. The summed E-state index contributed by atoms with van der Waals surface area (Å²) in [6.45, 7) is 0. The Bertz CT molecular complexity index is 491. The van der Waals surface area contributed by atoms with Crippen molar-refractivity contribution in [3.63, 3.8) is 0 Å². The number of carbonyl (C=O) groups is 1. The second-order valence-corrected chi connectivity index (χ2v) is 5.16. The van der Waals surface area contributed by atoms with Crippen LogP contribution in [0.15, 0.2) is 30.3 Å². The van der Waals surface area contributed by atoms with Crippen LogP contribution in [0.3, 0.4) is 0 Å². The molecule has 0 amide bonds. The molecular weight excluding hydrogens is 208 g/mol. The molecule has 2 aliphatic rings. The molecule has 1 aromatic rings. The van der Waals surface area contributed by atoms with Crippen molar-refractivity contribution in [3.8, 4) is 11.8 Å². The maximum absolute atomic E-state index is 12.1. The highest BCUT2D eigenvalue weighted by Crippen LogP contribution is 2.57. The zero-order chi connectivity index (χ0) is 11.7. The van der Waals surface area contributed by atoms with Crippen LogP contribution >= 0.6 is 0 Å². The topological polar surface area (TPSA) is 17.1 Å². The van der Waals surface area contributed by atoms with E-state index in [1.54, 1.807) is 0 Å². The second-order valence-electron chi connectivity index (χ2n) is 5.16. The Morgan fingerprint density at radius 2 is 2.00 bits per heavy atom. The summed E-state index contributed by atoms with van der Waals surface area (Å²) in [6.07, 6.45) is 5.19. The van der Waals surface area contributed by atoms with E-state index in [4.69, 9.17) is 0 Å². The standard InChI is InChI=1S/C16H16O/c17-15-9-5-4-8-14-12-16(14,15)11-10-13-6-2-1-3-7-13/h1-3,6-7,14H,4-5,8-9,12H2. The summed E-state index contributed by atoms with van der Waals surface area (Å²) in [5.41, 5.74) is 0.761. The molecule has 17 heavy (non-hydrogen) atoms. The summed E-state index contributed by atoms with van der Waals surface area (Å²) in [4.78, 5) is 12.1. The SMILES string of the molecule is O=C1CCCCC2CC12C#Cc1ccccc1. The first-order valence-corrected chi connectivity index (χ1v) is 6.43. The van der Waals surface area contributed by atoms with Crippen LogP contribution in [-0.4, -0.2) is 5.78 Å². The van der Waals surface area contributed by atoms with Crippen LogP contribution in [0, 0.1) is 23.2 Å². The van der Waals surface area contributed by atoms with E-state index >= 15 is 0 Å². The van der Waals surface area contributed by atoms with Gasteiger partial charge in [0.1, 0.15) is 0 Å². The second kappa shape index (κ2) is 4.04. The van der Waals surface area contributed by atoms with E-state index in [9.17, 15) is 4.79 Å². The van der Waals surface area contributed by atoms with E-state index in [0.717, 1.165) is 24.8 Å². The first-order chi connectivity index (χ1) is 8.31. The van der Waals surface area contributed by atoms with Gasteiger partial charge in [-0.15, -0.1) is 0 Å². The predicted octanol–water partition coefficient (Wildman–Crippen LogP) is 3.19. The molecular formula is C16H16O. The highest BCUT2D eigenvalue weighted by Gasteiger charge is 2.58. The summed E-state index contributed by atoms with van der Waals surface area (Å²) in [7, 11) is 0. The van der Waals surface area contributed by atoms with Gasteiger partial charge in [0.05, 0.1) is 5.41 Å². The lowest BCUT2D eigenvalue weighted by atomic mass is 9.96. The van der Waals surface area contributed by atoms with Gasteiger partial charge in [-0.2, -0.15) is 0 Å². The highest BCUT2D eigenvalue weighted by atomic mass is 16.1. The normalized spacial score (nSPS) is 30.8. The van der Waals surface area contributed by atoms with Crippen molar-refractivity contribution in [3.05, 3.63) is 35.9 Å². The number of Topliss-reactive ketones (excluding diaryl/α,β-unsaturated/α-hetero) is 1. The Hall–Kier alpha value is -1.55. The quantitative estimate of drug-likeness (QED) is 0.618. The number of carbonyl (C=O) groups excluding carboxylic acids is 1. The average Bonchev–Trinajstić information content (AvgIpc) is 3.09. The fraction of sp³-hybridized carbons (Fsp3) is 0.438. The van der Waals surface area contributed by atoms with Gasteiger partial charge < -0.3 is 0 Å². The summed E-state index contributed by atoms with van der Waals surface area (Å²) in [6, 6.07) is 9.96. The van der Waals surface area contributed by atoms with E-state index in [1.807, 2.05) is 30.3 Å². The van der Waals surface area contributed by atoms with Crippen molar-refractivity contribution in [1.29, 1.82) is 0 Å². The summed E-state index contributed by atoms with van der Waals surface area (Å²) in [5, 5.41) is 0. The molecule has 0 saturated heterocycles. The number of hydrogen-bond acceptors (Lipinski definition) is 1. The lowest BCUT2D eigenvalue weighted by Gasteiger charge is -2.04. The van der Waals surface area contributed by atoms with E-state index in [2.05, 4.69) is 11.8 Å². The zero-order valence-electron chi connectivity index (χ0n) is 9.91. The maximum Gasteiger partial charge on any atom is 0.151 e. The molecule has 0 aliphatic heterocycles. The Kier molecular flexibility index (Phi) is 2.52. The lowest BCUT2D eigenvalue weighted by molar-refractivity contribution is -0.122. The van der Waals surface area contributed by atoms with Crippen LogP contribution in [0.4, 0.5) is 0 Å². The van der Waals surface area contributed by atoms with Crippen molar-refractivity contribution in [2.45, 2.75) is 32.1 Å². The van der Waals surface area contributed by atoms with E-state index in [-0.39, 0.29) is 5.41 Å². The fourth-order valence-electron chi connectivity index (χ4n) is 2.85. The van der Waals surface area contributed by atoms with Crippen molar-refractivity contribution >= 4 is 5.78 Å². The van der Waals surface area contributed by atoms with Crippen molar-refractivity contribution < 1.29 is 4.79 Å². The molecule has 86 valence electrons. The van der Waals surface area contributed by atoms with Gasteiger partial charge in [-0.3, -0.25) is 4.79 Å². The van der Waals surface area contributed by atoms with Gasteiger partial charge in [0.15, 0.2) is 5.78 Å². The maximum atomic E-state index is 12.1. The molecule has 2 saturated carbocycles. The van der Waals surface area contributed by atoms with Crippen molar-refractivity contribution in [2.75, 3.05) is 0 Å². The largest absolute Gasteiger partial charge is 0.298 e. The smallest absolute Gasteiger partial charge is 0.151 e. The van der Waals surface area contributed by atoms with Gasteiger partial charge in [-0.25, -0.2) is 0 Å². The molecule has 1 aromatic carbocycles. The lowest BCUT2D eigenvalue weighted by Crippen LogP contribution is -2.14. The molecule has 2 aliphatic carbocycles. The molecule has 3 rings (SSSR count). The van der Waals surface area contributed by atoms with E-state index in [1.165, 1.54) is 12.8 Å². The molecule has 1 nitrogen and oxygen atoms in total. The summed E-state index contributed by atoms with van der Waals surface area (Å²) >= 11 is 0. The number of benzene rings is 1. The van der Waals surface area contributed by atoms with E-state index in [0.29, 0.717) is 11.7 Å². The molecule has 0 N–H and O–H groups in total. The van der Waals surface area contributed by atoms with Crippen LogP contribution in [0.25, 0.3) is 0 Å². The Labute approximate surface area is 102 Å². The van der Waals surface area contributed by atoms with Crippen molar-refractivity contribution in [2.24, 2.45) is 11.3 Å². The third-order valence-corrected chi connectivity index (χ3v) is 4.01. The minimum absolute atomic E-state index is 0.258. The first-order valence-electron chi connectivity index (χ1n) is 6.43. The fourth-order valence-corrected chi connectivity index (χ4v) is 2.85. The minimum atomic E-state index is -0.258. The number of rotatable bonds is 0. The average molecular weight is 224 g/mol. The Morgan fingerprint density at radius 3 is 2.82 bits per heavy atom. The van der Waals surface area contributed by atoms with Gasteiger partial charge in [-0.1, -0.05) is 36.5 Å². The van der Waals surface area contributed by atoms with Crippen LogP contribution in [0.2, 0.25) is 0 Å². The van der Waals surface area contributed by atoms with Gasteiger partial charge in [-0.05, 0) is 37.3 Å². The molecule has 2 unspecified atom stereocenters. The monoisotopic (exact) mass is 224 g/mol. The highest BCUT2D eigenvalue weighted by molar-refractivity contribution is 5.91. The molecule has 1 heteroatoms. The third-order valence-electron chi connectivity index (χ3n) is 4.01. The molecule has 0 spiro atoms. The van der Waals surface area contributed by atoms with Crippen LogP contribution < -0.4 is 0 Å². The third kappa shape index (κ3) is 1.89. The number of fused-ring (bicyclic) bond motifs is 1. The Morgan fingerprint density at radius 1 is 1.18 bits per heavy atom. The molecule has 2 atom stereocenters. The van der Waals surface area contributed by atoms with Gasteiger partial charge in [0.25, 0.3) is 0 Å². The van der Waals surface area contributed by atoms with Gasteiger partial charge in [0.2, 0.25) is 0 Å². The van der Waals surface area contributed by atoms with E-state index < -0.39 is 0 Å². The Balaban J connectivity index is 1.86. The van der Waals surface area contributed by atoms with Crippen LogP contribution in [0.5, 0.6) is 0 Å². The summed E-state index contributed by atoms with van der Waals surface area (Å²) in [5.74, 6) is 7.40. The summed E-state index contributed by atoms with van der Waals surface area (Å²) < 4.78 is 0. The van der Waals surface area contributed by atoms with Gasteiger partial charge >= 0.3 is 0 Å². The number of ketones is 1. The van der Waals surface area contributed by atoms with Crippen LogP contribution in [0.1, 0.15) is 37.7 Å². The molecule has 0 aromatic heterocycles. The molecule has 0 heterocycles. The first kappa shape index (κ1) is 10.6. The molecule has 0 bridgehead atoms. The van der Waals surface area contributed by atoms with Crippen LogP contribution in [-0.2, 0) is 4.79 Å². The minimum Gasteiger partial charge on any atom is -0.298 e. The predicted molar refractivity (Wildman–Crippen MR) is 67.3 cm³/mol. The van der Waals surface area contributed by atoms with Gasteiger partial charge in [0, 0.05) is 12.0 Å². The van der Waals surface area contributed by atoms with Crippen molar-refractivity contribution in [1.82, 2.24) is 0 Å².